The molecule has 25 heavy (non-hydrogen) atoms. The second kappa shape index (κ2) is 8.46. The van der Waals surface area contributed by atoms with E-state index in [0.29, 0.717) is 19.6 Å². The molecule has 130 valence electrons. The molecule has 1 heterocycles. The molecule has 3 aromatic rings. The number of aryl methyl sites for hydroxylation is 1. The number of ether oxygens (including phenoxy) is 2. The molecule has 0 radical (unpaired) electrons. The van der Waals surface area contributed by atoms with Crippen molar-refractivity contribution in [3.05, 3.63) is 83.9 Å². The second-order valence-corrected chi connectivity index (χ2v) is 5.88. The number of rotatable bonds is 8. The number of nitrogens with zero attached hydrogens (tertiary/aromatic N) is 2. The summed E-state index contributed by atoms with van der Waals surface area (Å²) in [6, 6.07) is 17.7. The summed E-state index contributed by atoms with van der Waals surface area (Å²) >= 11 is 0. The highest BCUT2D eigenvalue weighted by atomic mass is 16.6. The molecule has 0 aliphatic rings. The van der Waals surface area contributed by atoms with Crippen LogP contribution in [0.15, 0.2) is 67.1 Å². The Labute approximate surface area is 147 Å². The van der Waals surface area contributed by atoms with Crippen LogP contribution >= 0.6 is 0 Å². The lowest BCUT2D eigenvalue weighted by atomic mass is 10.1. The molecule has 1 unspecified atom stereocenters. The standard InChI is InChI=1S/C20H22N2O3/c1-22-15-21-12-18(22)14-25-20(23)11-16-7-9-19(10-8-16)24-13-17-5-3-2-4-6-17/h2-10,12,15,20,23H,11,13-14H2,1H3. The van der Waals surface area contributed by atoms with Crippen LogP contribution in [0.2, 0.25) is 0 Å². The van der Waals surface area contributed by atoms with Crippen LogP contribution in [-0.2, 0) is 31.4 Å². The number of aliphatic hydroxyl groups excluding tert-OH is 1. The molecular formula is C20H22N2O3. The summed E-state index contributed by atoms with van der Waals surface area (Å²) in [6.45, 7) is 0.868. The van der Waals surface area contributed by atoms with Crippen molar-refractivity contribution >= 4 is 0 Å². The van der Waals surface area contributed by atoms with E-state index in [2.05, 4.69) is 4.98 Å². The molecule has 1 aromatic heterocycles. The molecule has 3 rings (SSSR count). The molecule has 0 aliphatic heterocycles. The fraction of sp³-hybridized carbons (Fsp3) is 0.250. The summed E-state index contributed by atoms with van der Waals surface area (Å²) in [5.41, 5.74) is 3.04. The predicted molar refractivity (Wildman–Crippen MR) is 94.9 cm³/mol. The van der Waals surface area contributed by atoms with Crippen LogP contribution in [0.5, 0.6) is 5.75 Å². The van der Waals surface area contributed by atoms with Crippen molar-refractivity contribution in [2.45, 2.75) is 25.9 Å². The first-order valence-corrected chi connectivity index (χ1v) is 8.21. The Balaban J connectivity index is 1.46. The third-order valence-corrected chi connectivity index (χ3v) is 3.92. The van der Waals surface area contributed by atoms with E-state index in [1.54, 1.807) is 12.5 Å². The van der Waals surface area contributed by atoms with Crippen molar-refractivity contribution in [1.29, 1.82) is 0 Å². The Morgan fingerprint density at radius 1 is 1.00 bits per heavy atom. The molecule has 5 heteroatoms. The maximum atomic E-state index is 10.0. The fourth-order valence-electron chi connectivity index (χ4n) is 2.43. The van der Waals surface area contributed by atoms with Crippen LogP contribution in [0.4, 0.5) is 0 Å². The van der Waals surface area contributed by atoms with E-state index in [4.69, 9.17) is 9.47 Å². The number of benzene rings is 2. The normalized spacial score (nSPS) is 12.1. The van der Waals surface area contributed by atoms with Gasteiger partial charge in [-0.2, -0.15) is 0 Å². The quantitative estimate of drug-likeness (QED) is 0.641. The van der Waals surface area contributed by atoms with E-state index < -0.39 is 6.29 Å². The molecule has 5 nitrogen and oxygen atoms in total. The maximum absolute atomic E-state index is 10.0. The second-order valence-electron chi connectivity index (χ2n) is 5.88. The molecular weight excluding hydrogens is 316 g/mol. The van der Waals surface area contributed by atoms with Crippen molar-refractivity contribution in [2.24, 2.45) is 7.05 Å². The molecule has 1 atom stereocenters. The average Bonchev–Trinajstić information content (AvgIpc) is 3.05. The topological polar surface area (TPSA) is 56.5 Å². The van der Waals surface area contributed by atoms with E-state index >= 15 is 0 Å². The highest BCUT2D eigenvalue weighted by Crippen LogP contribution is 2.16. The van der Waals surface area contributed by atoms with Crippen LogP contribution in [-0.4, -0.2) is 20.9 Å². The monoisotopic (exact) mass is 338 g/mol. The van der Waals surface area contributed by atoms with Crippen LogP contribution < -0.4 is 4.74 Å². The van der Waals surface area contributed by atoms with Gasteiger partial charge in [-0.15, -0.1) is 0 Å². The minimum Gasteiger partial charge on any atom is -0.489 e. The van der Waals surface area contributed by atoms with Gasteiger partial charge >= 0.3 is 0 Å². The lowest BCUT2D eigenvalue weighted by Gasteiger charge is -2.13. The highest BCUT2D eigenvalue weighted by Gasteiger charge is 2.08. The predicted octanol–water partition coefficient (Wildman–Crippen LogP) is 3.08. The van der Waals surface area contributed by atoms with Gasteiger partial charge in [-0.1, -0.05) is 42.5 Å². The van der Waals surface area contributed by atoms with Crippen molar-refractivity contribution < 1.29 is 14.6 Å². The largest absolute Gasteiger partial charge is 0.489 e. The first-order valence-electron chi connectivity index (χ1n) is 8.21. The summed E-state index contributed by atoms with van der Waals surface area (Å²) in [4.78, 5) is 4.02. The molecule has 0 saturated carbocycles. The van der Waals surface area contributed by atoms with Gasteiger partial charge < -0.3 is 19.1 Å². The summed E-state index contributed by atoms with van der Waals surface area (Å²) in [6.07, 6.45) is 3.01. The average molecular weight is 338 g/mol. The van der Waals surface area contributed by atoms with Crippen molar-refractivity contribution in [2.75, 3.05) is 0 Å². The molecule has 2 aromatic carbocycles. The van der Waals surface area contributed by atoms with E-state index in [1.807, 2.05) is 66.2 Å². The zero-order valence-corrected chi connectivity index (χ0v) is 14.2. The van der Waals surface area contributed by atoms with Gasteiger partial charge in [0.2, 0.25) is 0 Å². The third-order valence-electron chi connectivity index (χ3n) is 3.92. The lowest BCUT2D eigenvalue weighted by Crippen LogP contribution is -2.15. The zero-order chi connectivity index (χ0) is 17.5. The van der Waals surface area contributed by atoms with Gasteiger partial charge in [0.25, 0.3) is 0 Å². The molecule has 1 N–H and O–H groups in total. The van der Waals surface area contributed by atoms with Crippen molar-refractivity contribution in [3.63, 3.8) is 0 Å². The number of aliphatic hydroxyl groups is 1. The maximum Gasteiger partial charge on any atom is 0.159 e. The first kappa shape index (κ1) is 17.2. The minimum atomic E-state index is -0.856. The molecule has 0 aliphatic carbocycles. The van der Waals surface area contributed by atoms with Gasteiger partial charge in [-0.3, -0.25) is 0 Å². The summed E-state index contributed by atoms with van der Waals surface area (Å²) < 4.78 is 13.1. The van der Waals surface area contributed by atoms with E-state index in [-0.39, 0.29) is 0 Å². The zero-order valence-electron chi connectivity index (χ0n) is 14.2. The summed E-state index contributed by atoms with van der Waals surface area (Å²) in [5, 5.41) is 10.0. The molecule has 0 spiro atoms. The Morgan fingerprint density at radius 3 is 2.44 bits per heavy atom. The number of hydrogen-bond acceptors (Lipinski definition) is 4. The van der Waals surface area contributed by atoms with E-state index in [9.17, 15) is 5.11 Å². The molecule has 0 saturated heterocycles. The third kappa shape index (κ3) is 5.17. The Hall–Kier alpha value is -2.63. The first-order chi connectivity index (χ1) is 12.2. The summed E-state index contributed by atoms with van der Waals surface area (Å²) in [5.74, 6) is 0.804. The van der Waals surface area contributed by atoms with Gasteiger partial charge in [0.15, 0.2) is 6.29 Å². The molecule has 0 amide bonds. The number of imidazole rings is 1. The smallest absolute Gasteiger partial charge is 0.159 e. The van der Waals surface area contributed by atoms with Crippen molar-refractivity contribution in [3.8, 4) is 5.75 Å². The van der Waals surface area contributed by atoms with Gasteiger partial charge in [0, 0.05) is 13.5 Å². The highest BCUT2D eigenvalue weighted by molar-refractivity contribution is 5.28. The van der Waals surface area contributed by atoms with Gasteiger partial charge in [-0.25, -0.2) is 4.98 Å². The van der Waals surface area contributed by atoms with Crippen LogP contribution in [0.25, 0.3) is 0 Å². The Kier molecular flexibility index (Phi) is 5.82. The Bertz CT molecular complexity index is 769. The van der Waals surface area contributed by atoms with E-state index in [0.717, 1.165) is 22.6 Å². The SMILES string of the molecule is Cn1cncc1COC(O)Cc1ccc(OCc2ccccc2)cc1. The van der Waals surface area contributed by atoms with Crippen molar-refractivity contribution in [1.82, 2.24) is 9.55 Å². The number of hydrogen-bond donors (Lipinski definition) is 1. The lowest BCUT2D eigenvalue weighted by molar-refractivity contribution is -0.107. The molecule has 0 bridgehead atoms. The number of aromatic nitrogens is 2. The van der Waals surface area contributed by atoms with Crippen LogP contribution in [0, 0.1) is 0 Å². The summed E-state index contributed by atoms with van der Waals surface area (Å²) in [7, 11) is 1.90. The van der Waals surface area contributed by atoms with Gasteiger partial charge in [0.05, 0.1) is 24.8 Å². The van der Waals surface area contributed by atoms with Gasteiger partial charge in [-0.05, 0) is 23.3 Å². The van der Waals surface area contributed by atoms with Crippen LogP contribution in [0.1, 0.15) is 16.8 Å². The van der Waals surface area contributed by atoms with E-state index in [1.165, 1.54) is 0 Å². The van der Waals surface area contributed by atoms with Gasteiger partial charge in [0.1, 0.15) is 12.4 Å². The molecule has 0 fully saturated rings. The minimum absolute atomic E-state index is 0.329. The fourth-order valence-corrected chi connectivity index (χ4v) is 2.43. The van der Waals surface area contributed by atoms with Crippen LogP contribution in [0.3, 0.4) is 0 Å². The Morgan fingerprint density at radius 2 is 1.76 bits per heavy atom.